The van der Waals surface area contributed by atoms with Crippen molar-refractivity contribution in [2.45, 2.75) is 52.4 Å². The van der Waals surface area contributed by atoms with Crippen molar-refractivity contribution in [2.24, 2.45) is 0 Å². The van der Waals surface area contributed by atoms with Crippen LogP contribution in [-0.4, -0.2) is 15.0 Å². The second-order valence-electron chi connectivity index (χ2n) is 6.83. The van der Waals surface area contributed by atoms with Crippen molar-refractivity contribution in [3.05, 3.63) is 29.8 Å². The lowest BCUT2D eigenvalue weighted by atomic mass is 9.88. The van der Waals surface area contributed by atoms with Gasteiger partial charge in [-0.2, -0.15) is 0 Å². The summed E-state index contributed by atoms with van der Waals surface area (Å²) in [6.45, 7) is 12.9. The van der Waals surface area contributed by atoms with E-state index in [1.54, 1.807) is 0 Å². The van der Waals surface area contributed by atoms with E-state index in [0.29, 0.717) is 0 Å². The number of hydrogen-bond acceptors (Lipinski definition) is 3. The highest BCUT2D eigenvalue weighted by Gasteiger charge is 2.19. The van der Waals surface area contributed by atoms with Crippen LogP contribution in [0.1, 0.15) is 52.9 Å². The first-order chi connectivity index (χ1) is 8.18. The lowest BCUT2D eigenvalue weighted by Gasteiger charge is -2.19. The normalized spacial score (nSPS) is 13.0. The van der Waals surface area contributed by atoms with E-state index in [-0.39, 0.29) is 10.8 Å². The lowest BCUT2D eigenvalue weighted by molar-refractivity contribution is 0.547. The van der Waals surface area contributed by atoms with E-state index in [9.17, 15) is 0 Å². The Balaban J connectivity index is 2.56. The summed E-state index contributed by atoms with van der Waals surface area (Å²) in [6, 6.07) is 2.13. The van der Waals surface area contributed by atoms with Crippen molar-refractivity contribution in [2.75, 3.05) is 0 Å². The maximum absolute atomic E-state index is 4.55. The fourth-order valence-corrected chi connectivity index (χ4v) is 1.69. The Kier molecular flexibility index (Phi) is 2.88. The van der Waals surface area contributed by atoms with E-state index in [0.717, 1.165) is 16.9 Å². The van der Waals surface area contributed by atoms with E-state index >= 15 is 0 Å². The van der Waals surface area contributed by atoms with E-state index in [1.165, 1.54) is 5.56 Å². The standard InChI is InChI=1S/C15H21N3/c1-14(2,3)11-7-10-8-17-13(15(4,5)6)18-12(10)16-9-11/h7-9H,1-6H3. The highest BCUT2D eigenvalue weighted by atomic mass is 14.9. The minimum Gasteiger partial charge on any atom is -0.240 e. The van der Waals surface area contributed by atoms with E-state index in [1.807, 2.05) is 12.4 Å². The van der Waals surface area contributed by atoms with Crippen molar-refractivity contribution < 1.29 is 0 Å². The fraction of sp³-hybridized carbons (Fsp3) is 0.533. The van der Waals surface area contributed by atoms with Gasteiger partial charge in [0, 0.05) is 23.2 Å². The van der Waals surface area contributed by atoms with Crippen LogP contribution in [0.15, 0.2) is 18.5 Å². The molecular formula is C15H21N3. The highest BCUT2D eigenvalue weighted by Crippen LogP contribution is 2.25. The number of rotatable bonds is 0. The van der Waals surface area contributed by atoms with E-state index < -0.39 is 0 Å². The first kappa shape index (κ1) is 12.9. The zero-order valence-corrected chi connectivity index (χ0v) is 12.1. The quantitative estimate of drug-likeness (QED) is 0.709. The Morgan fingerprint density at radius 2 is 1.50 bits per heavy atom. The van der Waals surface area contributed by atoms with Gasteiger partial charge in [0.2, 0.25) is 0 Å². The topological polar surface area (TPSA) is 38.7 Å². The Hall–Kier alpha value is -1.51. The van der Waals surface area contributed by atoms with Gasteiger partial charge in [0.05, 0.1) is 0 Å². The van der Waals surface area contributed by atoms with Gasteiger partial charge in [0.25, 0.3) is 0 Å². The predicted molar refractivity (Wildman–Crippen MR) is 74.7 cm³/mol. The molecule has 3 nitrogen and oxygen atoms in total. The molecule has 2 rings (SSSR count). The molecule has 2 aromatic rings. The van der Waals surface area contributed by atoms with Gasteiger partial charge >= 0.3 is 0 Å². The molecule has 0 unspecified atom stereocenters. The summed E-state index contributed by atoms with van der Waals surface area (Å²) in [5, 5.41) is 1.01. The molecule has 0 bridgehead atoms. The molecule has 0 aliphatic carbocycles. The zero-order chi connectivity index (χ0) is 13.6. The maximum atomic E-state index is 4.55. The molecule has 0 saturated heterocycles. The van der Waals surface area contributed by atoms with Crippen molar-refractivity contribution in [3.63, 3.8) is 0 Å². The molecule has 0 fully saturated rings. The maximum Gasteiger partial charge on any atom is 0.162 e. The fourth-order valence-electron chi connectivity index (χ4n) is 1.69. The lowest BCUT2D eigenvalue weighted by Crippen LogP contribution is -2.16. The van der Waals surface area contributed by atoms with Crippen LogP contribution >= 0.6 is 0 Å². The van der Waals surface area contributed by atoms with Gasteiger partial charge < -0.3 is 0 Å². The third-order valence-electron chi connectivity index (χ3n) is 2.97. The summed E-state index contributed by atoms with van der Waals surface area (Å²) in [5.41, 5.74) is 2.05. The van der Waals surface area contributed by atoms with Gasteiger partial charge in [-0.25, -0.2) is 15.0 Å². The summed E-state index contributed by atoms with van der Waals surface area (Å²) in [6.07, 6.45) is 3.80. The second-order valence-corrected chi connectivity index (χ2v) is 6.83. The van der Waals surface area contributed by atoms with Crippen molar-refractivity contribution in [1.82, 2.24) is 15.0 Å². The minimum atomic E-state index is -0.0431. The molecule has 2 aromatic heterocycles. The number of hydrogen-bond donors (Lipinski definition) is 0. The smallest absolute Gasteiger partial charge is 0.162 e. The van der Waals surface area contributed by atoms with Gasteiger partial charge in [-0.3, -0.25) is 0 Å². The van der Waals surface area contributed by atoms with Crippen LogP contribution < -0.4 is 0 Å². The average molecular weight is 243 g/mol. The summed E-state index contributed by atoms with van der Waals surface area (Å²) in [4.78, 5) is 13.5. The molecule has 0 saturated carbocycles. The molecule has 2 heterocycles. The van der Waals surface area contributed by atoms with Crippen LogP contribution in [0.5, 0.6) is 0 Å². The zero-order valence-electron chi connectivity index (χ0n) is 12.1. The molecular weight excluding hydrogens is 222 g/mol. The van der Waals surface area contributed by atoms with Crippen LogP contribution in [0, 0.1) is 0 Å². The summed E-state index contributed by atoms with van der Waals surface area (Å²) < 4.78 is 0. The predicted octanol–water partition coefficient (Wildman–Crippen LogP) is 3.62. The largest absolute Gasteiger partial charge is 0.240 e. The van der Waals surface area contributed by atoms with Gasteiger partial charge in [-0.15, -0.1) is 0 Å². The SMILES string of the molecule is CC(C)(C)c1cnc2nc(C(C)(C)C)ncc2c1. The third-order valence-corrected chi connectivity index (χ3v) is 2.97. The second kappa shape index (κ2) is 4.01. The molecule has 18 heavy (non-hydrogen) atoms. The molecule has 0 radical (unpaired) electrons. The highest BCUT2D eigenvalue weighted by molar-refractivity contribution is 5.74. The van der Waals surface area contributed by atoms with Gasteiger partial charge in [0.1, 0.15) is 5.82 Å². The average Bonchev–Trinajstić information content (AvgIpc) is 2.25. The summed E-state index contributed by atoms with van der Waals surface area (Å²) >= 11 is 0. The third kappa shape index (κ3) is 2.50. The molecule has 3 heteroatoms. The Bertz CT molecular complexity index is 521. The van der Waals surface area contributed by atoms with Crippen molar-refractivity contribution >= 4 is 11.0 Å². The summed E-state index contributed by atoms with van der Waals surface area (Å²) in [5.74, 6) is 0.839. The minimum absolute atomic E-state index is 0.0431. The van der Waals surface area contributed by atoms with Gasteiger partial charge in [-0.05, 0) is 17.0 Å². The van der Waals surface area contributed by atoms with Gasteiger partial charge in [-0.1, -0.05) is 41.5 Å². The Labute approximate surface area is 109 Å². The molecule has 96 valence electrons. The molecule has 0 spiro atoms. The number of aromatic nitrogens is 3. The first-order valence-electron chi connectivity index (χ1n) is 6.32. The van der Waals surface area contributed by atoms with E-state index in [4.69, 9.17) is 0 Å². The van der Waals surface area contributed by atoms with Crippen LogP contribution in [0.25, 0.3) is 11.0 Å². The molecule has 0 aliphatic rings. The van der Waals surface area contributed by atoms with Gasteiger partial charge in [0.15, 0.2) is 5.65 Å². The monoisotopic (exact) mass is 243 g/mol. The van der Waals surface area contributed by atoms with E-state index in [2.05, 4.69) is 62.6 Å². The Morgan fingerprint density at radius 3 is 2.06 bits per heavy atom. The van der Waals surface area contributed by atoms with Crippen LogP contribution in [0.2, 0.25) is 0 Å². The molecule has 0 atom stereocenters. The van der Waals surface area contributed by atoms with Crippen LogP contribution in [0.4, 0.5) is 0 Å². The Morgan fingerprint density at radius 1 is 0.833 bits per heavy atom. The van der Waals surface area contributed by atoms with Crippen LogP contribution in [-0.2, 0) is 10.8 Å². The molecule has 0 aromatic carbocycles. The van der Waals surface area contributed by atoms with Crippen LogP contribution in [0.3, 0.4) is 0 Å². The number of pyridine rings is 1. The molecule has 0 N–H and O–H groups in total. The molecule has 0 aliphatic heterocycles. The van der Waals surface area contributed by atoms with Crippen molar-refractivity contribution in [1.29, 1.82) is 0 Å². The number of fused-ring (bicyclic) bond motifs is 1. The van der Waals surface area contributed by atoms with Crippen molar-refractivity contribution in [3.8, 4) is 0 Å². The first-order valence-corrected chi connectivity index (χ1v) is 6.32. The number of nitrogens with zero attached hydrogens (tertiary/aromatic N) is 3. The summed E-state index contributed by atoms with van der Waals surface area (Å²) in [7, 11) is 0. The molecule has 0 amide bonds.